The first-order valence-electron chi connectivity index (χ1n) is 12.6. The molecular weight excluding hydrogens is 458 g/mol. The number of hydrogen-bond acceptors (Lipinski definition) is 8. The van der Waals surface area contributed by atoms with Crippen LogP contribution in [0.15, 0.2) is 22.9 Å². The number of likely N-dealkylation sites (tertiary alicyclic amines) is 1. The van der Waals surface area contributed by atoms with Crippen LogP contribution in [0.25, 0.3) is 0 Å². The topological polar surface area (TPSA) is 73.1 Å². The maximum atomic E-state index is 14.8. The highest BCUT2D eigenvalue weighted by atomic mass is 19.1. The molecule has 188 valence electrons. The van der Waals surface area contributed by atoms with Crippen molar-refractivity contribution in [3.8, 4) is 5.75 Å². The van der Waals surface area contributed by atoms with Crippen LogP contribution < -0.4 is 9.64 Å². The first kappa shape index (κ1) is 21.9. The molecule has 0 unspecified atom stereocenters. The standard InChI is InChI=1S/C25H30F2N4O4/c26-17-5-20(22(21(27)6-17)35-19-8-24(9-19)13-32-14-24)16-1-3-30(4-2-16)18-7-25(34-10-18)11-31(12-25)23-29-28-15-33-23/h5-6,15-16,18-19H,1-4,7-14H2/t18-/m0/s1. The number of nitrogens with zero attached hydrogens (tertiary/aromatic N) is 4. The molecule has 35 heavy (non-hydrogen) atoms. The zero-order valence-corrected chi connectivity index (χ0v) is 19.6. The van der Waals surface area contributed by atoms with E-state index in [2.05, 4.69) is 15.1 Å². The second-order valence-electron chi connectivity index (χ2n) is 11.2. The fraction of sp³-hybridized carbons (Fsp3) is 0.680. The Morgan fingerprint density at radius 1 is 1.06 bits per heavy atom. The highest BCUT2D eigenvalue weighted by Gasteiger charge is 2.53. The molecule has 0 N–H and O–H groups in total. The van der Waals surface area contributed by atoms with Crippen LogP contribution >= 0.6 is 0 Å². The van der Waals surface area contributed by atoms with E-state index in [1.165, 1.54) is 12.5 Å². The normalized spacial score (nSPS) is 28.2. The average Bonchev–Trinajstić information content (AvgIpc) is 3.45. The molecule has 2 aromatic rings. The number of aromatic nitrogens is 2. The third-order valence-corrected chi connectivity index (χ3v) is 8.71. The zero-order valence-electron chi connectivity index (χ0n) is 19.6. The first-order valence-corrected chi connectivity index (χ1v) is 12.6. The van der Waals surface area contributed by atoms with Gasteiger partial charge in [-0.05, 0) is 57.2 Å². The lowest BCUT2D eigenvalue weighted by Gasteiger charge is -2.52. The Kier molecular flexibility index (Phi) is 5.08. The summed E-state index contributed by atoms with van der Waals surface area (Å²) >= 11 is 0. The second kappa shape index (κ2) is 8.11. The molecule has 4 aliphatic heterocycles. The molecule has 0 bridgehead atoms. The SMILES string of the molecule is Fc1cc(F)c(OC2CC3(COC3)C2)c(C2CCN([C@@H]3COC4(C3)CN(c3nnco3)C4)CC2)c1. The minimum absolute atomic E-state index is 0.0151. The van der Waals surface area contributed by atoms with E-state index in [1.807, 2.05) is 4.90 Å². The summed E-state index contributed by atoms with van der Waals surface area (Å²) in [5, 5.41) is 7.72. The number of hydrogen-bond donors (Lipinski definition) is 0. The van der Waals surface area contributed by atoms with Crippen LogP contribution in [0.2, 0.25) is 0 Å². The van der Waals surface area contributed by atoms with Crippen molar-refractivity contribution < 1.29 is 27.4 Å². The highest BCUT2D eigenvalue weighted by Crippen LogP contribution is 2.49. The van der Waals surface area contributed by atoms with Crippen LogP contribution in [0.4, 0.5) is 14.8 Å². The maximum Gasteiger partial charge on any atom is 0.318 e. The maximum absolute atomic E-state index is 14.8. The molecule has 5 aliphatic rings. The van der Waals surface area contributed by atoms with Gasteiger partial charge in [0.15, 0.2) is 11.6 Å². The Labute approximate surface area is 202 Å². The van der Waals surface area contributed by atoms with Gasteiger partial charge in [0.1, 0.15) is 17.5 Å². The summed E-state index contributed by atoms with van der Waals surface area (Å²) in [4.78, 5) is 4.52. The number of halogens is 2. The van der Waals surface area contributed by atoms with Gasteiger partial charge in [0.25, 0.3) is 0 Å². The van der Waals surface area contributed by atoms with E-state index in [1.54, 1.807) is 0 Å². The van der Waals surface area contributed by atoms with E-state index in [0.29, 0.717) is 24.2 Å². The Morgan fingerprint density at radius 3 is 2.54 bits per heavy atom. The highest BCUT2D eigenvalue weighted by molar-refractivity contribution is 5.39. The predicted octanol–water partition coefficient (Wildman–Crippen LogP) is 3.13. The van der Waals surface area contributed by atoms with Gasteiger partial charge in [0.2, 0.25) is 6.39 Å². The fourth-order valence-corrected chi connectivity index (χ4v) is 6.73. The number of rotatable bonds is 5. The van der Waals surface area contributed by atoms with E-state index < -0.39 is 11.6 Å². The largest absolute Gasteiger partial charge is 0.487 e. The van der Waals surface area contributed by atoms with Gasteiger partial charge >= 0.3 is 6.01 Å². The summed E-state index contributed by atoms with van der Waals surface area (Å²) in [6.07, 6.45) is 5.76. The molecule has 10 heteroatoms. The molecule has 0 amide bonds. The van der Waals surface area contributed by atoms with Gasteiger partial charge < -0.3 is 23.5 Å². The van der Waals surface area contributed by atoms with Gasteiger partial charge in [-0.3, -0.25) is 4.90 Å². The van der Waals surface area contributed by atoms with Crippen molar-refractivity contribution in [1.29, 1.82) is 0 Å². The second-order valence-corrected chi connectivity index (χ2v) is 11.2. The van der Waals surface area contributed by atoms with E-state index in [0.717, 1.165) is 77.6 Å². The molecule has 5 heterocycles. The Bertz CT molecular complexity index is 1070. The van der Waals surface area contributed by atoms with Crippen molar-refractivity contribution in [2.45, 2.75) is 55.8 Å². The van der Waals surface area contributed by atoms with Crippen LogP contribution in [0.3, 0.4) is 0 Å². The summed E-state index contributed by atoms with van der Waals surface area (Å²) in [5.74, 6) is -0.786. The van der Waals surface area contributed by atoms with Crippen molar-refractivity contribution in [3.63, 3.8) is 0 Å². The van der Waals surface area contributed by atoms with Crippen molar-refractivity contribution in [2.75, 3.05) is 50.9 Å². The summed E-state index contributed by atoms with van der Waals surface area (Å²) in [5.41, 5.74) is 0.770. The van der Waals surface area contributed by atoms with Crippen molar-refractivity contribution >= 4 is 6.01 Å². The molecule has 8 nitrogen and oxygen atoms in total. The number of piperidine rings is 1. The van der Waals surface area contributed by atoms with Gasteiger partial charge in [-0.2, -0.15) is 0 Å². The van der Waals surface area contributed by atoms with Crippen LogP contribution in [0.5, 0.6) is 5.75 Å². The lowest BCUT2D eigenvalue weighted by Crippen LogP contribution is -2.62. The van der Waals surface area contributed by atoms with Gasteiger partial charge in [0, 0.05) is 23.1 Å². The molecule has 1 saturated carbocycles. The number of anilines is 1. The molecule has 1 aromatic heterocycles. The van der Waals surface area contributed by atoms with E-state index in [4.69, 9.17) is 18.6 Å². The Balaban J connectivity index is 0.971. The third kappa shape index (κ3) is 3.81. The van der Waals surface area contributed by atoms with Gasteiger partial charge in [0.05, 0.1) is 32.9 Å². The van der Waals surface area contributed by atoms with Gasteiger partial charge in [-0.25, -0.2) is 8.78 Å². The van der Waals surface area contributed by atoms with E-state index in [-0.39, 0.29) is 28.8 Å². The quantitative estimate of drug-likeness (QED) is 0.636. The van der Waals surface area contributed by atoms with Gasteiger partial charge in [-0.1, -0.05) is 5.10 Å². The Hall–Kier alpha value is -2.30. The summed E-state index contributed by atoms with van der Waals surface area (Å²) in [6, 6.07) is 3.33. The molecular formula is C25H30F2N4O4. The minimum Gasteiger partial charge on any atom is -0.487 e. The lowest BCUT2D eigenvalue weighted by molar-refractivity contribution is -0.191. The molecule has 5 fully saturated rings. The molecule has 2 spiro atoms. The summed E-state index contributed by atoms with van der Waals surface area (Å²) in [6.45, 7) is 5.53. The molecule has 4 saturated heterocycles. The number of benzene rings is 1. The zero-order chi connectivity index (χ0) is 23.6. The summed E-state index contributed by atoms with van der Waals surface area (Å²) in [7, 11) is 0. The first-order chi connectivity index (χ1) is 17.0. The van der Waals surface area contributed by atoms with Crippen LogP contribution in [0.1, 0.15) is 43.6 Å². The minimum atomic E-state index is -0.588. The lowest BCUT2D eigenvalue weighted by atomic mass is 9.65. The van der Waals surface area contributed by atoms with Crippen molar-refractivity contribution in [2.24, 2.45) is 5.41 Å². The molecule has 7 rings (SSSR count). The summed E-state index contributed by atoms with van der Waals surface area (Å²) < 4.78 is 52.0. The van der Waals surface area contributed by atoms with Crippen molar-refractivity contribution in [1.82, 2.24) is 15.1 Å². The van der Waals surface area contributed by atoms with Crippen LogP contribution in [-0.4, -0.2) is 78.8 Å². The monoisotopic (exact) mass is 488 g/mol. The van der Waals surface area contributed by atoms with Crippen LogP contribution in [0, 0.1) is 17.0 Å². The molecule has 1 aliphatic carbocycles. The van der Waals surface area contributed by atoms with Crippen molar-refractivity contribution in [3.05, 3.63) is 35.7 Å². The molecule has 0 radical (unpaired) electrons. The fourth-order valence-electron chi connectivity index (χ4n) is 6.73. The average molecular weight is 489 g/mol. The van der Waals surface area contributed by atoms with E-state index >= 15 is 0 Å². The molecule has 1 atom stereocenters. The Morgan fingerprint density at radius 2 is 1.86 bits per heavy atom. The smallest absolute Gasteiger partial charge is 0.318 e. The predicted molar refractivity (Wildman–Crippen MR) is 120 cm³/mol. The number of ether oxygens (including phenoxy) is 3. The third-order valence-electron chi connectivity index (χ3n) is 8.71. The van der Waals surface area contributed by atoms with E-state index in [9.17, 15) is 8.78 Å². The van der Waals surface area contributed by atoms with Gasteiger partial charge in [-0.15, -0.1) is 5.10 Å². The van der Waals surface area contributed by atoms with Crippen LogP contribution in [-0.2, 0) is 9.47 Å². The molecule has 1 aromatic carbocycles.